The second-order valence-electron chi connectivity index (χ2n) is 4.18. The number of aromatic nitrogens is 3. The Morgan fingerprint density at radius 3 is 2.72 bits per heavy atom. The molecule has 0 bridgehead atoms. The Morgan fingerprint density at radius 1 is 1.22 bits per heavy atom. The predicted octanol–water partition coefficient (Wildman–Crippen LogP) is 3.65. The molecule has 2 aromatic heterocycles. The number of rotatable bonds is 2. The molecule has 0 fully saturated rings. The topological polar surface area (TPSA) is 33.6 Å². The molecule has 3 nitrogen and oxygen atoms in total. The number of fused-ring (bicyclic) bond motifs is 1. The molecule has 1 aromatic carbocycles. The molecule has 2 heterocycles. The molecule has 3 rings (SSSR count). The first-order valence-corrected chi connectivity index (χ1v) is 6.34. The fraction of sp³-hybridized carbons (Fsp3) is 0.143. The highest BCUT2D eigenvalue weighted by Gasteiger charge is 2.05. The van der Waals surface area contributed by atoms with Gasteiger partial charge in [0.1, 0.15) is 0 Å². The van der Waals surface area contributed by atoms with Crippen molar-refractivity contribution in [2.75, 3.05) is 0 Å². The number of imidazole rings is 1. The lowest BCUT2D eigenvalue weighted by atomic mass is 10.1. The minimum absolute atomic E-state index is 0.697. The summed E-state index contributed by atoms with van der Waals surface area (Å²) in [5, 5.41) is 0. The van der Waals surface area contributed by atoms with Gasteiger partial charge in [0.15, 0.2) is 4.77 Å². The van der Waals surface area contributed by atoms with Crippen molar-refractivity contribution in [3.8, 4) is 5.69 Å². The van der Waals surface area contributed by atoms with Gasteiger partial charge in [-0.3, -0.25) is 9.55 Å². The second-order valence-corrected chi connectivity index (χ2v) is 4.57. The first-order valence-electron chi connectivity index (χ1n) is 5.93. The van der Waals surface area contributed by atoms with Gasteiger partial charge in [-0.05, 0) is 42.4 Å². The lowest BCUT2D eigenvalue weighted by Gasteiger charge is -2.05. The maximum atomic E-state index is 5.38. The molecule has 0 saturated carbocycles. The molecular formula is C14H13N3S. The summed E-state index contributed by atoms with van der Waals surface area (Å²) in [4.78, 5) is 7.27. The van der Waals surface area contributed by atoms with Crippen LogP contribution < -0.4 is 0 Å². The van der Waals surface area contributed by atoms with Crippen LogP contribution in [0, 0.1) is 4.77 Å². The molecule has 0 amide bonds. The van der Waals surface area contributed by atoms with Crippen molar-refractivity contribution >= 4 is 23.3 Å². The van der Waals surface area contributed by atoms with Crippen LogP contribution >= 0.6 is 12.2 Å². The Bertz CT molecular complexity index is 738. The van der Waals surface area contributed by atoms with E-state index in [9.17, 15) is 0 Å². The Balaban J connectivity index is 2.24. The normalized spacial score (nSPS) is 10.9. The number of hydrogen-bond donors (Lipinski definition) is 1. The Kier molecular flexibility index (Phi) is 2.72. The van der Waals surface area contributed by atoms with E-state index in [0.717, 1.165) is 23.1 Å². The van der Waals surface area contributed by atoms with Crippen molar-refractivity contribution < 1.29 is 0 Å². The Labute approximate surface area is 110 Å². The van der Waals surface area contributed by atoms with Gasteiger partial charge in [0, 0.05) is 11.9 Å². The van der Waals surface area contributed by atoms with Gasteiger partial charge in [-0.2, -0.15) is 0 Å². The van der Waals surface area contributed by atoms with Crippen LogP contribution in [0.4, 0.5) is 0 Å². The third kappa shape index (κ3) is 1.75. The van der Waals surface area contributed by atoms with E-state index in [4.69, 9.17) is 12.2 Å². The number of aryl methyl sites for hydroxylation is 1. The Morgan fingerprint density at radius 2 is 2.00 bits per heavy atom. The lowest BCUT2D eigenvalue weighted by molar-refractivity contribution is 1.05. The van der Waals surface area contributed by atoms with Crippen molar-refractivity contribution in [3.05, 3.63) is 53.1 Å². The van der Waals surface area contributed by atoms with Gasteiger partial charge >= 0.3 is 0 Å². The van der Waals surface area contributed by atoms with Gasteiger partial charge in [0.25, 0.3) is 0 Å². The fourth-order valence-corrected chi connectivity index (χ4v) is 2.41. The molecule has 0 radical (unpaired) electrons. The summed E-state index contributed by atoms with van der Waals surface area (Å²) < 4.78 is 2.73. The highest BCUT2D eigenvalue weighted by atomic mass is 32.1. The van der Waals surface area contributed by atoms with E-state index in [2.05, 4.69) is 41.2 Å². The number of hydrogen-bond acceptors (Lipinski definition) is 2. The van der Waals surface area contributed by atoms with Crippen LogP contribution in [-0.4, -0.2) is 14.5 Å². The average Bonchev–Trinajstić information content (AvgIpc) is 2.75. The third-order valence-corrected chi connectivity index (χ3v) is 3.37. The number of pyridine rings is 1. The van der Waals surface area contributed by atoms with Crippen LogP contribution in [0.15, 0.2) is 42.7 Å². The number of benzene rings is 1. The Hall–Kier alpha value is -1.94. The van der Waals surface area contributed by atoms with E-state index in [0.29, 0.717) is 4.77 Å². The molecule has 0 aliphatic carbocycles. The summed E-state index contributed by atoms with van der Waals surface area (Å²) >= 11 is 5.38. The summed E-state index contributed by atoms with van der Waals surface area (Å²) in [6, 6.07) is 10.4. The van der Waals surface area contributed by atoms with Crippen LogP contribution in [-0.2, 0) is 6.42 Å². The first-order chi connectivity index (χ1) is 8.79. The van der Waals surface area contributed by atoms with E-state index in [1.165, 1.54) is 5.56 Å². The quantitative estimate of drug-likeness (QED) is 0.709. The van der Waals surface area contributed by atoms with Gasteiger partial charge in [0.05, 0.1) is 17.2 Å². The lowest BCUT2D eigenvalue weighted by Crippen LogP contribution is -1.94. The minimum atomic E-state index is 0.697. The second kappa shape index (κ2) is 4.38. The van der Waals surface area contributed by atoms with Crippen LogP contribution in [0.3, 0.4) is 0 Å². The number of H-pyrrole nitrogens is 1. The smallest absolute Gasteiger partial charge is 0.182 e. The molecule has 0 saturated heterocycles. The van der Waals surface area contributed by atoms with E-state index in [-0.39, 0.29) is 0 Å². The third-order valence-electron chi connectivity index (χ3n) is 3.09. The van der Waals surface area contributed by atoms with Crippen molar-refractivity contribution in [1.82, 2.24) is 14.5 Å². The van der Waals surface area contributed by atoms with Crippen LogP contribution in [0.1, 0.15) is 12.5 Å². The molecule has 18 heavy (non-hydrogen) atoms. The predicted molar refractivity (Wildman–Crippen MR) is 75.6 cm³/mol. The summed E-state index contributed by atoms with van der Waals surface area (Å²) in [5.41, 5.74) is 4.42. The minimum Gasteiger partial charge on any atom is -0.329 e. The molecule has 0 aliphatic heterocycles. The van der Waals surface area contributed by atoms with Crippen molar-refractivity contribution in [1.29, 1.82) is 0 Å². The maximum Gasteiger partial charge on any atom is 0.182 e. The monoisotopic (exact) mass is 255 g/mol. The van der Waals surface area contributed by atoms with Crippen molar-refractivity contribution in [2.45, 2.75) is 13.3 Å². The maximum absolute atomic E-state index is 5.38. The molecule has 0 atom stereocenters. The molecule has 0 unspecified atom stereocenters. The number of nitrogens with zero attached hydrogens (tertiary/aromatic N) is 2. The fourth-order valence-electron chi connectivity index (χ4n) is 2.10. The molecule has 1 N–H and O–H groups in total. The molecule has 90 valence electrons. The van der Waals surface area contributed by atoms with Crippen LogP contribution in [0.2, 0.25) is 0 Å². The molecule has 3 aromatic rings. The highest BCUT2D eigenvalue weighted by Crippen LogP contribution is 2.19. The summed E-state index contributed by atoms with van der Waals surface area (Å²) in [7, 11) is 0. The zero-order valence-corrected chi connectivity index (χ0v) is 10.9. The largest absolute Gasteiger partial charge is 0.329 e. The summed E-state index contributed by atoms with van der Waals surface area (Å²) in [5.74, 6) is 0. The van der Waals surface area contributed by atoms with Gasteiger partial charge in [-0.25, -0.2) is 0 Å². The van der Waals surface area contributed by atoms with Gasteiger partial charge in [-0.15, -0.1) is 0 Å². The van der Waals surface area contributed by atoms with E-state index < -0.39 is 0 Å². The van der Waals surface area contributed by atoms with Gasteiger partial charge in [-0.1, -0.05) is 19.1 Å². The molecular weight excluding hydrogens is 242 g/mol. The standard InChI is InChI=1S/C14H13N3S/c1-2-10-3-5-11(6-4-10)17-13-7-8-15-9-12(13)16-14(17)18/h3-9H,2H2,1H3,(H,16,18). The average molecular weight is 255 g/mol. The number of aromatic amines is 1. The van der Waals surface area contributed by atoms with Crippen LogP contribution in [0.5, 0.6) is 0 Å². The number of nitrogens with one attached hydrogen (secondary N) is 1. The van der Waals surface area contributed by atoms with Gasteiger partial charge < -0.3 is 4.98 Å². The van der Waals surface area contributed by atoms with Gasteiger partial charge in [0.2, 0.25) is 0 Å². The summed E-state index contributed by atoms with van der Waals surface area (Å²) in [6.07, 6.45) is 4.62. The van der Waals surface area contributed by atoms with E-state index in [1.807, 2.05) is 10.6 Å². The highest BCUT2D eigenvalue weighted by molar-refractivity contribution is 7.71. The SMILES string of the molecule is CCc1ccc(-n2c(=S)[nH]c3cnccc32)cc1. The molecule has 4 heteroatoms. The first kappa shape index (κ1) is 11.2. The summed E-state index contributed by atoms with van der Waals surface area (Å²) in [6.45, 7) is 2.15. The van der Waals surface area contributed by atoms with Crippen molar-refractivity contribution in [3.63, 3.8) is 0 Å². The molecule has 0 aliphatic rings. The molecule has 0 spiro atoms. The van der Waals surface area contributed by atoms with E-state index >= 15 is 0 Å². The van der Waals surface area contributed by atoms with Crippen LogP contribution in [0.25, 0.3) is 16.7 Å². The zero-order chi connectivity index (χ0) is 12.5. The van der Waals surface area contributed by atoms with Crippen molar-refractivity contribution in [2.24, 2.45) is 0 Å². The van der Waals surface area contributed by atoms with E-state index in [1.54, 1.807) is 12.4 Å². The zero-order valence-electron chi connectivity index (χ0n) is 10.1.